The van der Waals surface area contributed by atoms with E-state index in [1.54, 1.807) is 0 Å². The maximum absolute atomic E-state index is 11.2. The minimum absolute atomic E-state index is 0.00417. The Morgan fingerprint density at radius 1 is 1.47 bits per heavy atom. The zero-order valence-corrected chi connectivity index (χ0v) is 8.61. The van der Waals surface area contributed by atoms with Crippen molar-refractivity contribution >= 4 is 15.1 Å². The van der Waals surface area contributed by atoms with Crippen LogP contribution in [0.5, 0.6) is 11.5 Å². The number of ether oxygens (including phenoxy) is 1. The zero-order valence-electron chi connectivity index (χ0n) is 7.80. The fourth-order valence-corrected chi connectivity index (χ4v) is 1.42. The Kier molecular flexibility index (Phi) is 2.96. The second-order valence-corrected chi connectivity index (χ2v) is 4.18. The number of rotatable bonds is 2. The lowest BCUT2D eigenvalue weighted by molar-refractivity contribution is 0.107. The van der Waals surface area contributed by atoms with Crippen molar-refractivity contribution in [1.82, 2.24) is 0 Å². The molecular formula is C8H9NO5S. The summed E-state index contributed by atoms with van der Waals surface area (Å²) in [5, 5.41) is 12.6. The van der Waals surface area contributed by atoms with Crippen LogP contribution in [0.2, 0.25) is 0 Å². The molecule has 1 rings (SSSR count). The van der Waals surface area contributed by atoms with Gasteiger partial charge >= 0.3 is 0 Å². The van der Waals surface area contributed by atoms with E-state index in [4.69, 9.17) is 4.74 Å². The maximum atomic E-state index is 11.2. The van der Waals surface area contributed by atoms with Crippen molar-refractivity contribution in [3.05, 3.63) is 23.8 Å². The van der Waals surface area contributed by atoms with E-state index in [2.05, 4.69) is 5.14 Å². The molecule has 0 aliphatic rings. The van der Waals surface area contributed by atoms with Crippen molar-refractivity contribution in [1.29, 1.82) is 0 Å². The molecule has 0 spiro atoms. The lowest BCUT2D eigenvalue weighted by Crippen LogP contribution is -2.23. The summed E-state index contributed by atoms with van der Waals surface area (Å²) in [4.78, 5) is 11.2. The first-order valence-electron chi connectivity index (χ1n) is 3.80. The summed E-state index contributed by atoms with van der Waals surface area (Å²) < 4.78 is 26.2. The number of benzene rings is 1. The number of carbonyl (C=O) groups is 1. The topological polar surface area (TPSA) is 107 Å². The molecule has 0 aliphatic carbocycles. The van der Waals surface area contributed by atoms with E-state index in [0.717, 1.165) is 18.2 Å². The number of hydrogen-bond acceptors (Lipinski definition) is 5. The molecule has 0 amide bonds. The van der Waals surface area contributed by atoms with Crippen molar-refractivity contribution in [2.75, 3.05) is 7.11 Å². The number of methoxy groups -OCH3 is 1. The van der Waals surface area contributed by atoms with Gasteiger partial charge in [-0.1, -0.05) is 0 Å². The fourth-order valence-electron chi connectivity index (χ4n) is 0.969. The van der Waals surface area contributed by atoms with Gasteiger partial charge in [0.05, 0.1) is 7.11 Å². The van der Waals surface area contributed by atoms with Gasteiger partial charge in [0.15, 0.2) is 11.5 Å². The van der Waals surface area contributed by atoms with Gasteiger partial charge in [0.1, 0.15) is 0 Å². The van der Waals surface area contributed by atoms with E-state index in [9.17, 15) is 18.3 Å². The largest absolute Gasteiger partial charge is 0.504 e. The van der Waals surface area contributed by atoms with Crippen LogP contribution in [0.15, 0.2) is 18.2 Å². The summed E-state index contributed by atoms with van der Waals surface area (Å²) >= 11 is 0. The van der Waals surface area contributed by atoms with E-state index >= 15 is 0 Å². The number of primary sulfonamides is 1. The van der Waals surface area contributed by atoms with Crippen molar-refractivity contribution in [2.45, 2.75) is 0 Å². The Labute approximate surface area is 86.3 Å². The van der Waals surface area contributed by atoms with Crippen LogP contribution in [0, 0.1) is 0 Å². The van der Waals surface area contributed by atoms with Crippen molar-refractivity contribution in [2.24, 2.45) is 5.14 Å². The summed E-state index contributed by atoms with van der Waals surface area (Å²) in [6.45, 7) is 0. The molecule has 0 aromatic heterocycles. The highest BCUT2D eigenvalue weighted by atomic mass is 32.2. The molecule has 0 saturated carbocycles. The Hall–Kier alpha value is -1.60. The molecule has 7 heteroatoms. The average molecular weight is 231 g/mol. The van der Waals surface area contributed by atoms with Crippen LogP contribution in [0.3, 0.4) is 0 Å². The van der Waals surface area contributed by atoms with Crippen LogP contribution in [0.25, 0.3) is 0 Å². The van der Waals surface area contributed by atoms with Crippen LogP contribution in [0.4, 0.5) is 0 Å². The fraction of sp³-hybridized carbons (Fsp3) is 0.125. The molecule has 6 nitrogen and oxygen atoms in total. The van der Waals surface area contributed by atoms with Crippen LogP contribution in [-0.2, 0) is 10.0 Å². The second-order valence-electron chi connectivity index (χ2n) is 2.72. The normalized spacial score (nSPS) is 11.1. The van der Waals surface area contributed by atoms with Crippen molar-refractivity contribution in [3.63, 3.8) is 0 Å². The highest BCUT2D eigenvalue weighted by Crippen LogP contribution is 2.26. The van der Waals surface area contributed by atoms with E-state index < -0.39 is 15.1 Å². The number of phenols is 1. The summed E-state index contributed by atoms with van der Waals surface area (Å²) in [6.07, 6.45) is 0. The predicted molar refractivity (Wildman–Crippen MR) is 52.1 cm³/mol. The average Bonchev–Trinajstić information content (AvgIpc) is 2.16. The number of sulfonamides is 1. The first kappa shape index (κ1) is 11.5. The molecule has 15 heavy (non-hydrogen) atoms. The molecule has 0 fully saturated rings. The van der Waals surface area contributed by atoms with Crippen LogP contribution >= 0.6 is 0 Å². The minimum atomic E-state index is -4.27. The predicted octanol–water partition coefficient (Wildman–Crippen LogP) is -0.170. The monoisotopic (exact) mass is 231 g/mol. The molecule has 0 bridgehead atoms. The van der Waals surface area contributed by atoms with E-state index in [0.29, 0.717) is 0 Å². The van der Waals surface area contributed by atoms with Gasteiger partial charge in [0.25, 0.3) is 15.1 Å². The molecule has 82 valence electrons. The van der Waals surface area contributed by atoms with Gasteiger partial charge < -0.3 is 9.84 Å². The Bertz CT molecular complexity index is 494. The minimum Gasteiger partial charge on any atom is -0.504 e. The molecule has 0 atom stereocenters. The lowest BCUT2D eigenvalue weighted by Gasteiger charge is -2.04. The van der Waals surface area contributed by atoms with Crippen LogP contribution in [0.1, 0.15) is 10.4 Å². The van der Waals surface area contributed by atoms with E-state index in [1.165, 1.54) is 7.11 Å². The summed E-state index contributed by atoms with van der Waals surface area (Å²) in [5.41, 5.74) is -0.160. The molecule has 0 aliphatic heterocycles. The first-order valence-corrected chi connectivity index (χ1v) is 5.35. The quantitative estimate of drug-likeness (QED) is 0.734. The molecular weight excluding hydrogens is 222 g/mol. The molecule has 0 heterocycles. The number of carbonyl (C=O) groups excluding carboxylic acids is 1. The standard InChI is InChI=1S/C8H9NO5S/c1-14-7-4-5(2-3-6(7)10)8(11)15(9,12)13/h2-4,10H,1H3,(H2,9,12,13). The van der Waals surface area contributed by atoms with Gasteiger partial charge in [-0.05, 0) is 18.2 Å². The second kappa shape index (κ2) is 3.87. The smallest absolute Gasteiger partial charge is 0.291 e. The zero-order chi connectivity index (χ0) is 11.6. The molecule has 0 unspecified atom stereocenters. The van der Waals surface area contributed by atoms with Crippen molar-refractivity contribution in [3.8, 4) is 11.5 Å². The van der Waals surface area contributed by atoms with Gasteiger partial charge in [-0.2, -0.15) is 0 Å². The van der Waals surface area contributed by atoms with Gasteiger partial charge in [0, 0.05) is 5.56 Å². The van der Waals surface area contributed by atoms with E-state index in [-0.39, 0.29) is 17.1 Å². The van der Waals surface area contributed by atoms with Gasteiger partial charge in [-0.3, -0.25) is 4.79 Å². The number of nitrogens with two attached hydrogens (primary N) is 1. The molecule has 1 aromatic rings. The Balaban J connectivity index is 3.24. The number of hydrogen-bond donors (Lipinski definition) is 2. The van der Waals surface area contributed by atoms with Gasteiger partial charge in [0.2, 0.25) is 0 Å². The third kappa shape index (κ3) is 2.45. The summed E-state index contributed by atoms with van der Waals surface area (Å²) in [6, 6.07) is 3.39. The summed E-state index contributed by atoms with van der Waals surface area (Å²) in [7, 11) is -2.99. The molecule has 1 aromatic carbocycles. The molecule has 3 N–H and O–H groups in total. The van der Waals surface area contributed by atoms with Crippen molar-refractivity contribution < 1.29 is 23.1 Å². The maximum Gasteiger partial charge on any atom is 0.291 e. The number of aromatic hydroxyl groups is 1. The third-order valence-corrected chi connectivity index (χ3v) is 2.43. The highest BCUT2D eigenvalue weighted by molar-refractivity contribution is 8.04. The first-order chi connectivity index (χ1) is 6.86. The van der Waals surface area contributed by atoms with Gasteiger partial charge in [-0.15, -0.1) is 0 Å². The third-order valence-electron chi connectivity index (χ3n) is 1.67. The number of phenolic OH excluding ortho intramolecular Hbond substituents is 1. The molecule has 0 saturated heterocycles. The van der Waals surface area contributed by atoms with Crippen LogP contribution < -0.4 is 9.88 Å². The molecule has 0 radical (unpaired) electrons. The SMILES string of the molecule is COc1cc(C(=O)S(N)(=O)=O)ccc1O. The summed E-state index contributed by atoms with van der Waals surface area (Å²) in [5.74, 6) is -0.187. The Morgan fingerprint density at radius 2 is 2.07 bits per heavy atom. The van der Waals surface area contributed by atoms with Gasteiger partial charge in [-0.25, -0.2) is 13.6 Å². The lowest BCUT2D eigenvalue weighted by atomic mass is 10.2. The van der Waals surface area contributed by atoms with E-state index in [1.807, 2.05) is 0 Å². The van der Waals surface area contributed by atoms with Crippen LogP contribution in [-0.4, -0.2) is 25.7 Å². The Morgan fingerprint density at radius 3 is 2.53 bits per heavy atom. The highest BCUT2D eigenvalue weighted by Gasteiger charge is 2.20.